The summed E-state index contributed by atoms with van der Waals surface area (Å²) >= 11 is 0. The molecule has 0 N–H and O–H groups in total. The molecule has 2 heteroatoms. The van der Waals surface area contributed by atoms with Crippen LogP contribution in [0.1, 0.15) is 127 Å². The van der Waals surface area contributed by atoms with Gasteiger partial charge in [-0.3, -0.25) is 0 Å². The zero-order valence-corrected chi connectivity index (χ0v) is 25.6. The van der Waals surface area contributed by atoms with Gasteiger partial charge in [0.25, 0.3) is 0 Å². The Morgan fingerprint density at radius 1 is 1.02 bits per heavy atom. The monoisotopic (exact) mass is 538 g/mol. The van der Waals surface area contributed by atoms with Gasteiger partial charge in [0.05, 0.1) is 5.56 Å². The number of benzene rings is 1. The number of esters is 1. The van der Waals surface area contributed by atoms with Gasteiger partial charge >= 0.3 is 5.97 Å². The lowest BCUT2D eigenvalue weighted by Crippen LogP contribution is -2.51. The standard InChI is InChI=1S/C38H50O2/c1-8-27-13-14-28(9-2)32(23-27)36(39)40-30-19-21-37(6)29(24-30)15-16-31-34-18-17-33(26(5)12-10-11-25(3)4)38(34,7)22-20-35(31)37/h1-2,13-15,23,25-26,30-31,33-35H,10-12,16-22,24H2,3-7H3/t26-,30+,31+,33-,34+,35+,37+,38-/m1/s1. The number of ether oxygens (including phenoxy) is 1. The number of hydrogen-bond donors (Lipinski definition) is 0. The van der Waals surface area contributed by atoms with Gasteiger partial charge < -0.3 is 4.74 Å². The normalized spacial score (nSPS) is 35.4. The van der Waals surface area contributed by atoms with Crippen molar-refractivity contribution in [2.45, 2.75) is 111 Å². The van der Waals surface area contributed by atoms with E-state index in [9.17, 15) is 4.79 Å². The summed E-state index contributed by atoms with van der Waals surface area (Å²) in [5.41, 5.74) is 3.87. The Bertz CT molecular complexity index is 1220. The maximum atomic E-state index is 13.2. The topological polar surface area (TPSA) is 26.3 Å². The molecule has 0 bridgehead atoms. The highest BCUT2D eigenvalue weighted by atomic mass is 16.5. The van der Waals surface area contributed by atoms with Gasteiger partial charge in [-0.15, -0.1) is 12.8 Å². The minimum Gasteiger partial charge on any atom is -0.458 e. The second-order valence-electron chi connectivity index (χ2n) is 14.6. The van der Waals surface area contributed by atoms with Gasteiger partial charge in [-0.25, -0.2) is 4.79 Å². The lowest BCUT2D eigenvalue weighted by molar-refractivity contribution is -0.0594. The highest BCUT2D eigenvalue weighted by Gasteiger charge is 2.59. The van der Waals surface area contributed by atoms with Crippen LogP contribution in [-0.2, 0) is 4.74 Å². The highest BCUT2D eigenvalue weighted by Crippen LogP contribution is 2.67. The Morgan fingerprint density at radius 2 is 1.82 bits per heavy atom. The van der Waals surface area contributed by atoms with Crippen molar-refractivity contribution < 1.29 is 9.53 Å². The molecule has 3 saturated carbocycles. The second kappa shape index (κ2) is 11.4. The van der Waals surface area contributed by atoms with Crippen LogP contribution < -0.4 is 0 Å². The van der Waals surface area contributed by atoms with E-state index in [0.29, 0.717) is 22.1 Å². The first-order valence-electron chi connectivity index (χ1n) is 16.1. The Hall–Kier alpha value is -2.45. The van der Waals surface area contributed by atoms with Crippen molar-refractivity contribution in [3.63, 3.8) is 0 Å². The Labute approximate surface area is 244 Å². The zero-order valence-electron chi connectivity index (χ0n) is 25.6. The summed E-state index contributed by atoms with van der Waals surface area (Å²) in [7, 11) is 0. The van der Waals surface area contributed by atoms with Crippen molar-refractivity contribution in [3.8, 4) is 24.7 Å². The predicted octanol–water partition coefficient (Wildman–Crippen LogP) is 9.22. The molecule has 214 valence electrons. The summed E-state index contributed by atoms with van der Waals surface area (Å²) in [4.78, 5) is 13.2. The van der Waals surface area contributed by atoms with Crippen molar-refractivity contribution in [2.24, 2.45) is 46.3 Å². The lowest BCUT2D eigenvalue weighted by Gasteiger charge is -2.58. The molecule has 0 unspecified atom stereocenters. The number of rotatable bonds is 7. The fourth-order valence-electron chi connectivity index (χ4n) is 9.90. The summed E-state index contributed by atoms with van der Waals surface area (Å²) in [6.45, 7) is 12.5. The zero-order chi connectivity index (χ0) is 28.7. The molecule has 0 saturated heterocycles. The van der Waals surface area contributed by atoms with Crippen LogP contribution in [-0.4, -0.2) is 12.1 Å². The van der Waals surface area contributed by atoms with Crippen molar-refractivity contribution >= 4 is 5.97 Å². The van der Waals surface area contributed by atoms with Crippen molar-refractivity contribution in [1.29, 1.82) is 0 Å². The first-order chi connectivity index (χ1) is 19.1. The van der Waals surface area contributed by atoms with Gasteiger partial charge in [-0.05, 0) is 109 Å². The van der Waals surface area contributed by atoms with Crippen LogP contribution in [0.25, 0.3) is 0 Å². The van der Waals surface area contributed by atoms with E-state index in [1.165, 1.54) is 56.9 Å². The van der Waals surface area contributed by atoms with Gasteiger partial charge in [0.15, 0.2) is 0 Å². The molecule has 2 nitrogen and oxygen atoms in total. The van der Waals surface area contributed by atoms with Crippen LogP contribution in [0.15, 0.2) is 29.8 Å². The molecule has 0 radical (unpaired) electrons. The molecule has 0 heterocycles. The number of terminal acetylenes is 2. The molecule has 0 aliphatic heterocycles. The quantitative estimate of drug-likeness (QED) is 0.196. The number of carbonyl (C=O) groups is 1. The third-order valence-corrected chi connectivity index (χ3v) is 12.1. The van der Waals surface area contributed by atoms with E-state index in [1.807, 2.05) is 0 Å². The van der Waals surface area contributed by atoms with E-state index in [4.69, 9.17) is 17.6 Å². The molecule has 8 atom stereocenters. The summed E-state index contributed by atoms with van der Waals surface area (Å²) in [5.74, 6) is 9.85. The van der Waals surface area contributed by atoms with Crippen LogP contribution in [0.3, 0.4) is 0 Å². The summed E-state index contributed by atoms with van der Waals surface area (Å²) < 4.78 is 6.08. The average molecular weight is 539 g/mol. The molecule has 4 aliphatic carbocycles. The first kappa shape index (κ1) is 29.1. The van der Waals surface area contributed by atoms with Gasteiger partial charge in [0.1, 0.15) is 6.10 Å². The molecule has 40 heavy (non-hydrogen) atoms. The van der Waals surface area contributed by atoms with Crippen molar-refractivity contribution in [1.82, 2.24) is 0 Å². The first-order valence-corrected chi connectivity index (χ1v) is 16.1. The number of carbonyl (C=O) groups excluding carboxylic acids is 1. The van der Waals surface area contributed by atoms with Crippen LogP contribution in [0, 0.1) is 71.0 Å². The van der Waals surface area contributed by atoms with E-state index >= 15 is 0 Å². The Morgan fingerprint density at radius 3 is 2.55 bits per heavy atom. The maximum Gasteiger partial charge on any atom is 0.339 e. The van der Waals surface area contributed by atoms with E-state index in [0.717, 1.165) is 54.8 Å². The van der Waals surface area contributed by atoms with Crippen LogP contribution in [0.5, 0.6) is 0 Å². The van der Waals surface area contributed by atoms with E-state index in [1.54, 1.807) is 18.2 Å². The molecule has 4 aliphatic rings. The van der Waals surface area contributed by atoms with Crippen LogP contribution in [0.2, 0.25) is 0 Å². The number of allylic oxidation sites excluding steroid dienone is 1. The van der Waals surface area contributed by atoms with Crippen LogP contribution >= 0.6 is 0 Å². The molecule has 0 spiro atoms. The summed E-state index contributed by atoms with van der Waals surface area (Å²) in [6.07, 6.45) is 27.5. The molecular formula is C38H50O2. The predicted molar refractivity (Wildman–Crippen MR) is 165 cm³/mol. The van der Waals surface area contributed by atoms with Gasteiger partial charge in [0, 0.05) is 17.5 Å². The van der Waals surface area contributed by atoms with Gasteiger partial charge in [0.2, 0.25) is 0 Å². The Kier molecular flexibility index (Phi) is 8.31. The molecule has 3 fully saturated rings. The fraction of sp³-hybridized carbons (Fsp3) is 0.658. The van der Waals surface area contributed by atoms with Crippen LogP contribution in [0.4, 0.5) is 0 Å². The SMILES string of the molecule is C#Cc1ccc(C#C)c(C(=O)O[C@H]2CC[C@@]3(C)C(=CC[C@H]4[C@@H]5CC[C@H]([C@H](C)CCCC(C)C)[C@@]5(C)CC[C@@H]43)C2)c1. The lowest BCUT2D eigenvalue weighted by atomic mass is 9.47. The molecule has 0 aromatic heterocycles. The molecule has 5 rings (SSSR count). The van der Waals surface area contributed by atoms with Gasteiger partial charge in [-0.1, -0.05) is 77.4 Å². The molecule has 1 aromatic carbocycles. The highest BCUT2D eigenvalue weighted by molar-refractivity contribution is 5.93. The Balaban J connectivity index is 1.27. The fourth-order valence-corrected chi connectivity index (χ4v) is 9.90. The minimum absolute atomic E-state index is 0.0973. The molecular weight excluding hydrogens is 488 g/mol. The van der Waals surface area contributed by atoms with E-state index in [2.05, 4.69) is 52.5 Å². The third kappa shape index (κ3) is 5.18. The van der Waals surface area contributed by atoms with Gasteiger partial charge in [-0.2, -0.15) is 0 Å². The third-order valence-electron chi connectivity index (χ3n) is 12.1. The number of hydrogen-bond acceptors (Lipinski definition) is 2. The molecule has 1 aromatic rings. The van der Waals surface area contributed by atoms with E-state index < -0.39 is 0 Å². The maximum absolute atomic E-state index is 13.2. The second-order valence-corrected chi connectivity index (χ2v) is 14.6. The largest absolute Gasteiger partial charge is 0.458 e. The summed E-state index contributed by atoms with van der Waals surface area (Å²) in [6, 6.07) is 5.20. The smallest absolute Gasteiger partial charge is 0.339 e. The minimum atomic E-state index is -0.346. The molecule has 0 amide bonds. The van der Waals surface area contributed by atoms with Crippen molar-refractivity contribution in [3.05, 3.63) is 46.5 Å². The van der Waals surface area contributed by atoms with E-state index in [-0.39, 0.29) is 17.5 Å². The van der Waals surface area contributed by atoms with Crippen molar-refractivity contribution in [2.75, 3.05) is 0 Å². The number of fused-ring (bicyclic) bond motifs is 5. The average Bonchev–Trinajstić information content (AvgIpc) is 3.30. The summed E-state index contributed by atoms with van der Waals surface area (Å²) in [5, 5.41) is 0.